The van der Waals surface area contributed by atoms with Crippen LogP contribution in [0.5, 0.6) is 0 Å². The first-order chi connectivity index (χ1) is 9.71. The van der Waals surface area contributed by atoms with Crippen LogP contribution in [0.2, 0.25) is 0 Å². The lowest BCUT2D eigenvalue weighted by molar-refractivity contribution is 0.502. The highest BCUT2D eigenvalue weighted by Crippen LogP contribution is 2.46. The van der Waals surface area contributed by atoms with Gasteiger partial charge in [-0.15, -0.1) is 0 Å². The maximum absolute atomic E-state index is 4.54. The molecular formula is C18H16N2. The lowest BCUT2D eigenvalue weighted by Crippen LogP contribution is -2.28. The molecule has 0 aliphatic carbocycles. The SMILES string of the molecule is Cc1ccc(C2(C)c3ccccc3-c3nccn32)cc1. The monoisotopic (exact) mass is 260 g/mol. The quantitative estimate of drug-likeness (QED) is 0.647. The predicted octanol–water partition coefficient (Wildman–Crippen LogP) is 3.98. The molecule has 0 fully saturated rings. The number of nitrogens with zero attached hydrogens (tertiary/aromatic N) is 2. The van der Waals surface area contributed by atoms with Crippen molar-refractivity contribution in [3.8, 4) is 11.4 Å². The normalized spacial score (nSPS) is 19.7. The van der Waals surface area contributed by atoms with Crippen molar-refractivity contribution in [2.45, 2.75) is 19.4 Å². The zero-order valence-electron chi connectivity index (χ0n) is 11.7. The van der Waals surface area contributed by atoms with E-state index in [-0.39, 0.29) is 5.54 Å². The first kappa shape index (κ1) is 11.5. The molecule has 0 saturated heterocycles. The summed E-state index contributed by atoms with van der Waals surface area (Å²) in [5.74, 6) is 1.06. The van der Waals surface area contributed by atoms with Crippen LogP contribution in [0.1, 0.15) is 23.6 Å². The molecular weight excluding hydrogens is 244 g/mol. The average molecular weight is 260 g/mol. The van der Waals surface area contributed by atoms with E-state index >= 15 is 0 Å². The predicted molar refractivity (Wildman–Crippen MR) is 80.7 cm³/mol. The van der Waals surface area contributed by atoms with Crippen LogP contribution in [-0.2, 0) is 5.54 Å². The van der Waals surface area contributed by atoms with Crippen LogP contribution in [0.3, 0.4) is 0 Å². The molecule has 0 bridgehead atoms. The van der Waals surface area contributed by atoms with Gasteiger partial charge in [0.25, 0.3) is 0 Å². The smallest absolute Gasteiger partial charge is 0.141 e. The number of aryl methyl sites for hydroxylation is 1. The summed E-state index contributed by atoms with van der Waals surface area (Å²) >= 11 is 0. The summed E-state index contributed by atoms with van der Waals surface area (Å²) < 4.78 is 2.28. The van der Waals surface area contributed by atoms with Crippen molar-refractivity contribution < 1.29 is 0 Å². The molecule has 2 nitrogen and oxygen atoms in total. The van der Waals surface area contributed by atoms with E-state index in [1.807, 2.05) is 6.20 Å². The Bertz CT molecular complexity index is 783. The average Bonchev–Trinajstić information content (AvgIpc) is 3.04. The van der Waals surface area contributed by atoms with Crippen molar-refractivity contribution in [1.29, 1.82) is 0 Å². The number of benzene rings is 2. The molecule has 3 aromatic rings. The molecule has 0 radical (unpaired) electrons. The second-order valence-corrected chi connectivity index (χ2v) is 5.60. The van der Waals surface area contributed by atoms with E-state index in [0.29, 0.717) is 0 Å². The van der Waals surface area contributed by atoms with Crippen LogP contribution in [0.25, 0.3) is 11.4 Å². The Balaban J connectivity index is 2.04. The van der Waals surface area contributed by atoms with Gasteiger partial charge in [-0.3, -0.25) is 0 Å². The van der Waals surface area contributed by atoms with Gasteiger partial charge in [-0.2, -0.15) is 0 Å². The fraction of sp³-hybridized carbons (Fsp3) is 0.167. The molecule has 0 spiro atoms. The molecule has 2 heteroatoms. The summed E-state index contributed by atoms with van der Waals surface area (Å²) in [7, 11) is 0. The summed E-state index contributed by atoms with van der Waals surface area (Å²) in [6.07, 6.45) is 3.97. The van der Waals surface area contributed by atoms with Crippen molar-refractivity contribution in [2.75, 3.05) is 0 Å². The number of aromatic nitrogens is 2. The summed E-state index contributed by atoms with van der Waals surface area (Å²) in [5.41, 5.74) is 4.98. The second kappa shape index (κ2) is 3.83. The first-order valence-electron chi connectivity index (χ1n) is 6.92. The van der Waals surface area contributed by atoms with Crippen molar-refractivity contribution >= 4 is 0 Å². The summed E-state index contributed by atoms with van der Waals surface area (Å²) in [6, 6.07) is 17.4. The highest BCUT2D eigenvalue weighted by molar-refractivity contribution is 5.70. The van der Waals surface area contributed by atoms with Crippen LogP contribution in [-0.4, -0.2) is 9.55 Å². The number of fused-ring (bicyclic) bond motifs is 3. The van der Waals surface area contributed by atoms with Crippen molar-refractivity contribution in [3.63, 3.8) is 0 Å². The molecule has 1 aromatic heterocycles. The van der Waals surface area contributed by atoms with E-state index in [4.69, 9.17) is 0 Å². The Morgan fingerprint density at radius 1 is 1.00 bits per heavy atom. The van der Waals surface area contributed by atoms with Crippen molar-refractivity contribution in [3.05, 3.63) is 77.6 Å². The second-order valence-electron chi connectivity index (χ2n) is 5.60. The van der Waals surface area contributed by atoms with Crippen LogP contribution < -0.4 is 0 Å². The third-order valence-electron chi connectivity index (χ3n) is 4.43. The molecule has 2 aromatic carbocycles. The lowest BCUT2D eigenvalue weighted by atomic mass is 9.84. The molecule has 4 rings (SSSR count). The number of imidazole rings is 1. The van der Waals surface area contributed by atoms with Gasteiger partial charge in [0, 0.05) is 18.0 Å². The number of hydrogen-bond acceptors (Lipinski definition) is 1. The Morgan fingerprint density at radius 2 is 1.75 bits per heavy atom. The van der Waals surface area contributed by atoms with E-state index in [0.717, 1.165) is 5.82 Å². The molecule has 98 valence electrons. The Hall–Kier alpha value is -2.35. The van der Waals surface area contributed by atoms with Crippen molar-refractivity contribution in [2.24, 2.45) is 0 Å². The van der Waals surface area contributed by atoms with Gasteiger partial charge in [-0.1, -0.05) is 54.1 Å². The maximum Gasteiger partial charge on any atom is 0.141 e. The minimum Gasteiger partial charge on any atom is -0.317 e. The van der Waals surface area contributed by atoms with Crippen LogP contribution in [0, 0.1) is 6.92 Å². The van der Waals surface area contributed by atoms with Crippen LogP contribution >= 0.6 is 0 Å². The van der Waals surface area contributed by atoms with Crippen molar-refractivity contribution in [1.82, 2.24) is 9.55 Å². The zero-order valence-corrected chi connectivity index (χ0v) is 11.7. The molecule has 1 atom stereocenters. The van der Waals surface area contributed by atoms with Crippen LogP contribution in [0.15, 0.2) is 60.9 Å². The van der Waals surface area contributed by atoms with E-state index in [2.05, 4.69) is 78.1 Å². The summed E-state index contributed by atoms with van der Waals surface area (Å²) in [4.78, 5) is 4.54. The van der Waals surface area contributed by atoms with Gasteiger partial charge < -0.3 is 4.57 Å². The summed E-state index contributed by atoms with van der Waals surface area (Å²) in [6.45, 7) is 4.39. The molecule has 0 amide bonds. The largest absolute Gasteiger partial charge is 0.317 e. The summed E-state index contributed by atoms with van der Waals surface area (Å²) in [5, 5.41) is 0. The standard InChI is InChI=1S/C18H16N2/c1-13-7-9-14(10-8-13)18(2)16-6-4-3-5-15(16)17-19-11-12-20(17)18/h3-12H,1-2H3. The van der Waals surface area contributed by atoms with Gasteiger partial charge in [0.1, 0.15) is 5.82 Å². The van der Waals surface area contributed by atoms with E-state index < -0.39 is 0 Å². The molecule has 1 unspecified atom stereocenters. The fourth-order valence-electron chi connectivity index (χ4n) is 3.27. The molecule has 20 heavy (non-hydrogen) atoms. The lowest BCUT2D eigenvalue weighted by Gasteiger charge is -2.29. The molecule has 0 saturated carbocycles. The Morgan fingerprint density at radius 3 is 2.55 bits per heavy atom. The van der Waals surface area contributed by atoms with Gasteiger partial charge in [0.05, 0.1) is 5.54 Å². The van der Waals surface area contributed by atoms with E-state index in [1.54, 1.807) is 0 Å². The van der Waals surface area contributed by atoms with Gasteiger partial charge in [0.15, 0.2) is 0 Å². The fourth-order valence-corrected chi connectivity index (χ4v) is 3.27. The van der Waals surface area contributed by atoms with Crippen LogP contribution in [0.4, 0.5) is 0 Å². The third-order valence-corrected chi connectivity index (χ3v) is 4.43. The van der Waals surface area contributed by atoms with E-state index in [1.165, 1.54) is 22.3 Å². The Kier molecular flexibility index (Phi) is 2.19. The highest BCUT2D eigenvalue weighted by Gasteiger charge is 2.40. The zero-order chi connectivity index (χ0) is 13.7. The minimum atomic E-state index is -0.171. The van der Waals surface area contributed by atoms with Gasteiger partial charge >= 0.3 is 0 Å². The van der Waals surface area contributed by atoms with Gasteiger partial charge in [-0.05, 0) is 25.0 Å². The maximum atomic E-state index is 4.54. The molecule has 1 aliphatic rings. The highest BCUT2D eigenvalue weighted by atomic mass is 15.1. The van der Waals surface area contributed by atoms with E-state index in [9.17, 15) is 0 Å². The molecule has 0 N–H and O–H groups in total. The first-order valence-corrected chi connectivity index (χ1v) is 6.92. The Labute approximate surface area is 118 Å². The number of hydrogen-bond donors (Lipinski definition) is 0. The number of rotatable bonds is 1. The third kappa shape index (κ3) is 1.31. The van der Waals surface area contributed by atoms with Gasteiger partial charge in [-0.25, -0.2) is 4.98 Å². The molecule has 2 heterocycles. The van der Waals surface area contributed by atoms with Gasteiger partial charge in [0.2, 0.25) is 0 Å². The topological polar surface area (TPSA) is 17.8 Å². The minimum absolute atomic E-state index is 0.171. The molecule has 1 aliphatic heterocycles.